The zero-order chi connectivity index (χ0) is 0. The summed E-state index contributed by atoms with van der Waals surface area (Å²) in [5, 5.41) is 0. The van der Waals surface area contributed by atoms with Gasteiger partial charge >= 0.3 is 0 Å². The molecule has 0 N–H and O–H groups in total. The van der Waals surface area contributed by atoms with Gasteiger partial charge in [-0.2, -0.15) is 23.4 Å². The van der Waals surface area contributed by atoms with Crippen LogP contribution in [0, 0.1) is 0 Å². The fourth-order valence-corrected chi connectivity index (χ4v) is 0. The third-order valence-corrected chi connectivity index (χ3v) is 0. The molecule has 0 aromatic rings. The van der Waals surface area contributed by atoms with E-state index in [-0.39, 0.29) is 127 Å². The third-order valence-electron chi connectivity index (χ3n) is 0. The zero-order valence-electron chi connectivity index (χ0n) is 3.91. The first-order chi connectivity index (χ1) is 0. The molecular formula is H5KMgNaPS. The van der Waals surface area contributed by atoms with Gasteiger partial charge in [-0.25, -0.2) is 0 Å². The van der Waals surface area contributed by atoms with E-state index in [4.69, 9.17) is 0 Å². The van der Waals surface area contributed by atoms with Crippen molar-refractivity contribution in [2.75, 3.05) is 0 Å². The second-order valence-corrected chi connectivity index (χ2v) is 0. The van der Waals surface area contributed by atoms with Crippen molar-refractivity contribution in [1.82, 2.24) is 0 Å². The van der Waals surface area contributed by atoms with E-state index in [1.54, 1.807) is 0 Å². The molecule has 0 aromatic carbocycles. The van der Waals surface area contributed by atoms with Crippen LogP contribution in [0.1, 0.15) is 0 Å². The Morgan fingerprint density at radius 1 is 1.00 bits per heavy atom. The molecule has 5 heteroatoms. The topological polar surface area (TPSA) is 0 Å². The first kappa shape index (κ1) is 35.1. The van der Waals surface area contributed by atoms with E-state index in [9.17, 15) is 0 Å². The van der Waals surface area contributed by atoms with E-state index in [1.807, 2.05) is 0 Å². The number of hydrogen-bond acceptors (Lipinski definition) is 0. The van der Waals surface area contributed by atoms with Crippen LogP contribution in [0.2, 0.25) is 0 Å². The van der Waals surface area contributed by atoms with Crippen LogP contribution in [0.3, 0.4) is 0 Å². The van der Waals surface area contributed by atoms with Crippen molar-refractivity contribution in [3.05, 3.63) is 0 Å². The second-order valence-electron chi connectivity index (χ2n) is 0. The van der Waals surface area contributed by atoms with Gasteiger partial charge in [-0.15, -0.1) is 0 Å². The molecule has 0 aliphatic rings. The van der Waals surface area contributed by atoms with Gasteiger partial charge in [0.15, 0.2) is 0 Å². The summed E-state index contributed by atoms with van der Waals surface area (Å²) in [6.07, 6.45) is 0. The van der Waals surface area contributed by atoms with Crippen molar-refractivity contribution >= 4 is 127 Å². The Hall–Kier alpha value is 4.18. The summed E-state index contributed by atoms with van der Waals surface area (Å²) in [5.74, 6) is 0. The Morgan fingerprint density at radius 3 is 1.00 bits per heavy atom. The number of rotatable bonds is 0. The molecule has 0 saturated heterocycles. The van der Waals surface area contributed by atoms with Crippen molar-refractivity contribution in [2.45, 2.75) is 0 Å². The molecule has 0 fully saturated rings. The number of hydrogen-bond donors (Lipinski definition) is 0. The summed E-state index contributed by atoms with van der Waals surface area (Å²) in [6.45, 7) is 0. The fraction of sp³-hybridized carbons (Fsp3) is 0. The van der Waals surface area contributed by atoms with Gasteiger partial charge < -0.3 is 0 Å². The van der Waals surface area contributed by atoms with E-state index in [0.29, 0.717) is 0 Å². The van der Waals surface area contributed by atoms with Gasteiger partial charge in [0.1, 0.15) is 0 Å². The molecular weight excluding hydrogens is 149 g/mol. The molecule has 0 aromatic heterocycles. The third kappa shape index (κ3) is 17.9. The molecule has 20 valence electrons. The SMILES string of the molecule is P.S.[K].[Mg].[Na]. The molecule has 0 nitrogen and oxygen atoms in total. The van der Waals surface area contributed by atoms with Crippen molar-refractivity contribution in [2.24, 2.45) is 0 Å². The zero-order valence-corrected chi connectivity index (χ0v) is 12.9. The van der Waals surface area contributed by atoms with E-state index >= 15 is 0 Å². The maximum atomic E-state index is 0. The van der Waals surface area contributed by atoms with Crippen LogP contribution in [0.15, 0.2) is 0 Å². The molecule has 0 bridgehead atoms. The van der Waals surface area contributed by atoms with E-state index in [1.165, 1.54) is 0 Å². The van der Waals surface area contributed by atoms with Gasteiger partial charge in [0, 0.05) is 104 Å². The Kier molecular flexibility index (Phi) is 170. The van der Waals surface area contributed by atoms with Crippen LogP contribution in [-0.2, 0) is 0 Å². The molecule has 0 rings (SSSR count). The second kappa shape index (κ2) is 24.1. The van der Waals surface area contributed by atoms with Gasteiger partial charge in [-0.1, -0.05) is 0 Å². The average molecular weight is 154 g/mol. The van der Waals surface area contributed by atoms with Crippen LogP contribution >= 0.6 is 23.4 Å². The summed E-state index contributed by atoms with van der Waals surface area (Å²) >= 11 is 0. The van der Waals surface area contributed by atoms with E-state index < -0.39 is 0 Å². The monoisotopic (exact) mass is 154 g/mol. The van der Waals surface area contributed by atoms with Crippen molar-refractivity contribution in [3.63, 3.8) is 0 Å². The Balaban J connectivity index is 0. The van der Waals surface area contributed by atoms with Gasteiger partial charge in [0.05, 0.1) is 0 Å². The quantitative estimate of drug-likeness (QED) is 0.311. The summed E-state index contributed by atoms with van der Waals surface area (Å²) in [4.78, 5) is 0. The predicted octanol–water partition coefficient (Wildman–Crippen LogP) is -0.972. The standard InChI is InChI=1S/K.Mg.Na.H3P.H2S/h;;;1H3;1H2. The summed E-state index contributed by atoms with van der Waals surface area (Å²) in [7, 11) is 0. The smallest absolute Gasteiger partial charge is 0 e. The predicted molar refractivity (Wildman–Crippen MR) is 38.7 cm³/mol. The summed E-state index contributed by atoms with van der Waals surface area (Å²) in [6, 6.07) is 0. The van der Waals surface area contributed by atoms with E-state index in [2.05, 4.69) is 0 Å². The molecule has 1 unspecified atom stereocenters. The molecule has 0 aliphatic heterocycles. The minimum Gasteiger partial charge on any atom is -0.197 e. The Labute approximate surface area is 124 Å². The Bertz CT molecular complexity index is 11.6. The van der Waals surface area contributed by atoms with Crippen LogP contribution in [0.4, 0.5) is 0 Å². The van der Waals surface area contributed by atoms with Gasteiger partial charge in [0.25, 0.3) is 0 Å². The fourth-order valence-electron chi connectivity index (χ4n) is 0. The minimum absolute atomic E-state index is 0. The molecule has 5 heavy (non-hydrogen) atoms. The van der Waals surface area contributed by atoms with Crippen LogP contribution in [0.5, 0.6) is 0 Å². The molecule has 1 atom stereocenters. The van der Waals surface area contributed by atoms with E-state index in [0.717, 1.165) is 0 Å². The first-order valence-corrected chi connectivity index (χ1v) is 0. The first-order valence-electron chi connectivity index (χ1n) is 0. The van der Waals surface area contributed by atoms with Gasteiger partial charge in [0.2, 0.25) is 0 Å². The maximum absolute atomic E-state index is 0. The maximum Gasteiger partial charge on any atom is 0 e. The molecule has 0 saturated carbocycles. The molecule has 0 heterocycles. The Morgan fingerprint density at radius 2 is 1.00 bits per heavy atom. The minimum atomic E-state index is 0. The van der Waals surface area contributed by atoms with Gasteiger partial charge in [-0.05, 0) is 0 Å². The summed E-state index contributed by atoms with van der Waals surface area (Å²) < 4.78 is 0. The van der Waals surface area contributed by atoms with Crippen molar-refractivity contribution in [1.29, 1.82) is 0 Å². The van der Waals surface area contributed by atoms with Crippen LogP contribution in [0.25, 0.3) is 0 Å². The largest absolute Gasteiger partial charge is 0.197 e. The summed E-state index contributed by atoms with van der Waals surface area (Å²) in [5.41, 5.74) is 0. The molecule has 0 spiro atoms. The molecule has 0 aliphatic carbocycles. The van der Waals surface area contributed by atoms with Gasteiger partial charge in [-0.3, -0.25) is 0 Å². The van der Waals surface area contributed by atoms with Crippen LogP contribution in [-0.4, -0.2) is 104 Å². The molecule has 4 radical (unpaired) electrons. The average Bonchev–Trinajstić information content (AvgIpc) is 0. The normalized spacial score (nSPS) is 0. The molecule has 0 amide bonds. The van der Waals surface area contributed by atoms with Crippen LogP contribution < -0.4 is 0 Å². The van der Waals surface area contributed by atoms with Crippen molar-refractivity contribution in [3.8, 4) is 0 Å². The van der Waals surface area contributed by atoms with Crippen molar-refractivity contribution < 1.29 is 0 Å².